The Morgan fingerprint density at radius 2 is 1.94 bits per heavy atom. The van der Waals surface area contributed by atoms with Gasteiger partial charge < -0.3 is 15.6 Å². The lowest BCUT2D eigenvalue weighted by Gasteiger charge is -2.14. The van der Waals surface area contributed by atoms with E-state index in [2.05, 4.69) is 15.5 Å². The highest BCUT2D eigenvalue weighted by molar-refractivity contribution is 7.99. The number of pyridine rings is 1. The smallest absolute Gasteiger partial charge is 0.316 e. The number of aromatic nitrogens is 2. The molecule has 0 radical (unpaired) electrons. The number of nitrogens with zero attached hydrogens (tertiary/aromatic N) is 3. The van der Waals surface area contributed by atoms with Crippen LogP contribution < -0.4 is 16.0 Å². The highest BCUT2D eigenvalue weighted by Gasteiger charge is 2.23. The summed E-state index contributed by atoms with van der Waals surface area (Å²) in [4.78, 5) is 30.3. The molecule has 162 valence electrons. The minimum atomic E-state index is -0.671. The number of hydrogen-bond donors (Lipinski definition) is 2. The third-order valence-corrected chi connectivity index (χ3v) is 5.73. The minimum Gasteiger partial charge on any atom is -0.351 e. The fourth-order valence-electron chi connectivity index (χ4n) is 2.59. The van der Waals surface area contributed by atoms with Crippen LogP contribution in [0.5, 0.6) is 0 Å². The van der Waals surface area contributed by atoms with Crippen LogP contribution in [0.1, 0.15) is 36.8 Å². The summed E-state index contributed by atoms with van der Waals surface area (Å²) in [5.41, 5.74) is 6.62. The molecule has 8 nitrogen and oxygen atoms in total. The number of hydrogen-bond acceptors (Lipinski definition) is 6. The van der Waals surface area contributed by atoms with Crippen molar-refractivity contribution in [1.82, 2.24) is 10.1 Å². The maximum absolute atomic E-state index is 12.9. The number of primary amides is 1. The molecule has 0 unspecified atom stereocenters. The van der Waals surface area contributed by atoms with Crippen LogP contribution >= 0.6 is 23.4 Å². The molecule has 3 rings (SSSR count). The van der Waals surface area contributed by atoms with Gasteiger partial charge in [-0.1, -0.05) is 49.3 Å². The summed E-state index contributed by atoms with van der Waals surface area (Å²) in [7, 11) is 1.63. The fourth-order valence-corrected chi connectivity index (χ4v) is 3.70. The summed E-state index contributed by atoms with van der Waals surface area (Å²) in [6.45, 7) is 6.05. The number of amides is 3. The molecule has 3 N–H and O–H groups in total. The molecule has 3 aromatic rings. The van der Waals surface area contributed by atoms with Crippen molar-refractivity contribution in [1.29, 1.82) is 0 Å². The van der Waals surface area contributed by atoms with Crippen molar-refractivity contribution >= 4 is 46.9 Å². The first-order chi connectivity index (χ1) is 14.5. The Bertz CT molecular complexity index is 1130. The Balaban J connectivity index is 1.77. The first-order valence-corrected chi connectivity index (χ1v) is 10.5. The van der Waals surface area contributed by atoms with Gasteiger partial charge in [-0.2, -0.15) is 0 Å². The molecule has 0 fully saturated rings. The lowest BCUT2D eigenvalue weighted by atomic mass is 9.92. The van der Waals surface area contributed by atoms with E-state index in [1.165, 1.54) is 16.7 Å². The molecule has 0 aliphatic carbocycles. The van der Waals surface area contributed by atoms with Gasteiger partial charge in [-0.3, -0.25) is 9.69 Å². The number of benzene rings is 1. The molecular formula is C21H22ClN5O3S. The number of carbonyl (C=O) groups excluding carboxylic acids is 2. The third-order valence-electron chi connectivity index (χ3n) is 4.30. The van der Waals surface area contributed by atoms with Crippen molar-refractivity contribution in [2.24, 2.45) is 5.73 Å². The topological polar surface area (TPSA) is 114 Å². The molecule has 3 amide bonds. The van der Waals surface area contributed by atoms with E-state index in [0.717, 1.165) is 5.69 Å². The van der Waals surface area contributed by atoms with Gasteiger partial charge in [0.05, 0.1) is 10.7 Å². The summed E-state index contributed by atoms with van der Waals surface area (Å²) in [6, 6.07) is 9.41. The van der Waals surface area contributed by atoms with Crippen LogP contribution in [-0.2, 0) is 5.41 Å². The number of urea groups is 1. The molecular weight excluding hydrogens is 438 g/mol. The summed E-state index contributed by atoms with van der Waals surface area (Å²) in [5, 5.41) is 7.53. The summed E-state index contributed by atoms with van der Waals surface area (Å²) < 4.78 is 5.35. The van der Waals surface area contributed by atoms with E-state index in [0.29, 0.717) is 32.1 Å². The van der Waals surface area contributed by atoms with Gasteiger partial charge in [0.25, 0.3) is 5.91 Å². The Morgan fingerprint density at radius 1 is 1.19 bits per heavy atom. The minimum absolute atomic E-state index is 0.187. The Kier molecular flexibility index (Phi) is 6.56. The summed E-state index contributed by atoms with van der Waals surface area (Å²) in [6.07, 6.45) is 1.56. The molecule has 2 aromatic heterocycles. The van der Waals surface area contributed by atoms with Gasteiger partial charge in [0.2, 0.25) is 5.88 Å². The number of nitrogens with two attached hydrogens (primary N) is 1. The van der Waals surface area contributed by atoms with Crippen molar-refractivity contribution in [2.75, 3.05) is 17.3 Å². The molecule has 0 bridgehead atoms. The lowest BCUT2D eigenvalue weighted by molar-refractivity contribution is 0.0987. The molecule has 31 heavy (non-hydrogen) atoms. The number of nitrogens with one attached hydrogen (secondary N) is 1. The standard InChI is InChI=1S/C21H22ClN5O3S/c1-21(2,3)16-11-18(30-26-16)27(4)19(28)12-7-8-24-17(9-12)31-15-6-5-13(10-14(15)22)25-20(23)29/h5-11H,1-4H3,(H3,23,25,29). The molecule has 1 aromatic carbocycles. The van der Waals surface area contributed by atoms with E-state index < -0.39 is 6.03 Å². The second-order valence-electron chi connectivity index (χ2n) is 7.78. The first-order valence-electron chi connectivity index (χ1n) is 9.30. The normalized spacial score (nSPS) is 11.3. The molecule has 0 spiro atoms. The number of rotatable bonds is 5. The van der Waals surface area contributed by atoms with E-state index in [9.17, 15) is 9.59 Å². The van der Waals surface area contributed by atoms with Gasteiger partial charge in [-0.15, -0.1) is 0 Å². The van der Waals surface area contributed by atoms with Crippen molar-refractivity contribution in [3.8, 4) is 0 Å². The molecule has 2 heterocycles. The van der Waals surface area contributed by atoms with Crippen LogP contribution in [0.2, 0.25) is 5.02 Å². The predicted octanol–water partition coefficient (Wildman–Crippen LogP) is 4.94. The average molecular weight is 460 g/mol. The van der Waals surface area contributed by atoms with Crippen molar-refractivity contribution < 1.29 is 14.1 Å². The van der Waals surface area contributed by atoms with E-state index in [4.69, 9.17) is 21.9 Å². The van der Waals surface area contributed by atoms with Gasteiger partial charge >= 0.3 is 6.03 Å². The zero-order valence-electron chi connectivity index (χ0n) is 17.5. The van der Waals surface area contributed by atoms with E-state index in [-0.39, 0.29) is 11.3 Å². The molecule has 10 heteroatoms. The van der Waals surface area contributed by atoms with Gasteiger partial charge in [-0.25, -0.2) is 9.78 Å². The highest BCUT2D eigenvalue weighted by atomic mass is 35.5. The Labute approximate surface area is 189 Å². The average Bonchev–Trinajstić information content (AvgIpc) is 3.19. The zero-order valence-corrected chi connectivity index (χ0v) is 19.0. The lowest BCUT2D eigenvalue weighted by Crippen LogP contribution is -2.26. The SMILES string of the molecule is CN(C(=O)c1ccnc(Sc2ccc(NC(N)=O)cc2Cl)c1)c1cc(C(C)(C)C)no1. The molecule has 0 atom stereocenters. The molecule has 0 saturated heterocycles. The number of halogens is 1. The van der Waals surface area contributed by atoms with Crippen LogP contribution in [0.3, 0.4) is 0 Å². The van der Waals surface area contributed by atoms with Gasteiger partial charge in [0.1, 0.15) is 5.03 Å². The largest absolute Gasteiger partial charge is 0.351 e. The number of carbonyl (C=O) groups is 2. The fraction of sp³-hybridized carbons (Fsp3) is 0.238. The zero-order chi connectivity index (χ0) is 22.8. The molecule has 0 aliphatic heterocycles. The van der Waals surface area contributed by atoms with E-state index in [1.54, 1.807) is 49.6 Å². The quantitative estimate of drug-likeness (QED) is 0.558. The highest BCUT2D eigenvalue weighted by Crippen LogP contribution is 2.34. The van der Waals surface area contributed by atoms with Crippen LogP contribution in [0.4, 0.5) is 16.4 Å². The first kappa shape index (κ1) is 22.6. The predicted molar refractivity (Wildman–Crippen MR) is 121 cm³/mol. The third kappa shape index (κ3) is 5.56. The van der Waals surface area contributed by atoms with E-state index >= 15 is 0 Å². The second kappa shape index (κ2) is 8.99. The van der Waals surface area contributed by atoms with Crippen molar-refractivity contribution in [2.45, 2.75) is 36.1 Å². The van der Waals surface area contributed by atoms with Crippen molar-refractivity contribution in [3.63, 3.8) is 0 Å². The maximum atomic E-state index is 12.9. The summed E-state index contributed by atoms with van der Waals surface area (Å²) >= 11 is 7.59. The van der Waals surface area contributed by atoms with Gasteiger partial charge in [0.15, 0.2) is 0 Å². The monoisotopic (exact) mass is 459 g/mol. The molecule has 0 aliphatic rings. The number of anilines is 2. The van der Waals surface area contributed by atoms with Gasteiger partial charge in [0, 0.05) is 40.9 Å². The maximum Gasteiger partial charge on any atom is 0.316 e. The van der Waals surface area contributed by atoms with Crippen LogP contribution in [0.25, 0.3) is 0 Å². The van der Waals surface area contributed by atoms with E-state index in [1.807, 2.05) is 20.8 Å². The van der Waals surface area contributed by atoms with Crippen LogP contribution in [0, 0.1) is 0 Å². The second-order valence-corrected chi connectivity index (χ2v) is 9.25. The molecule has 0 saturated carbocycles. The Morgan fingerprint density at radius 3 is 2.55 bits per heavy atom. The van der Waals surface area contributed by atoms with Crippen LogP contribution in [-0.4, -0.2) is 29.1 Å². The summed E-state index contributed by atoms with van der Waals surface area (Å²) in [5.74, 6) is 0.106. The Hall–Kier alpha value is -3.04. The van der Waals surface area contributed by atoms with Gasteiger partial charge in [-0.05, 0) is 30.3 Å². The van der Waals surface area contributed by atoms with Crippen LogP contribution in [0.15, 0.2) is 57.0 Å². The van der Waals surface area contributed by atoms with Crippen molar-refractivity contribution in [3.05, 3.63) is 58.9 Å².